The normalized spacial score (nSPS) is 34.4. The lowest BCUT2D eigenvalue weighted by atomic mass is 9.96. The van der Waals surface area contributed by atoms with E-state index in [0.29, 0.717) is 0 Å². The summed E-state index contributed by atoms with van der Waals surface area (Å²) in [5.41, 5.74) is -1.57. The van der Waals surface area contributed by atoms with E-state index in [0.717, 1.165) is 0 Å². The maximum absolute atomic E-state index is 12.3. The molecule has 0 radical (unpaired) electrons. The first-order valence-electron chi connectivity index (χ1n) is 11.2. The fourth-order valence-corrected chi connectivity index (χ4v) is 3.48. The zero-order valence-electron chi connectivity index (χ0n) is 20.4. The number of carbonyl (C=O) groups is 2. The summed E-state index contributed by atoms with van der Waals surface area (Å²) in [6, 6.07) is -1.28. The molecule has 0 bridgehead atoms. The highest BCUT2D eigenvalue weighted by molar-refractivity contribution is 5.68. The van der Waals surface area contributed by atoms with Crippen molar-refractivity contribution in [2.24, 2.45) is 0 Å². The molecule has 8 atom stereocenters. The molecule has 2 fully saturated rings. The lowest BCUT2D eigenvalue weighted by Crippen LogP contribution is -2.66. The smallest absolute Gasteiger partial charge is 0.408 e. The van der Waals surface area contributed by atoms with Gasteiger partial charge in [-0.1, -0.05) is 0 Å². The zero-order valence-corrected chi connectivity index (χ0v) is 20.4. The van der Waals surface area contributed by atoms with E-state index in [-0.39, 0.29) is 13.0 Å². The molecule has 13 nitrogen and oxygen atoms in total. The average molecular weight is 495 g/mol. The minimum absolute atomic E-state index is 0.00369. The molecule has 0 saturated carbocycles. The van der Waals surface area contributed by atoms with Crippen LogP contribution in [-0.4, -0.2) is 106 Å². The van der Waals surface area contributed by atoms with E-state index in [4.69, 9.17) is 23.7 Å². The van der Waals surface area contributed by atoms with Gasteiger partial charge in [0.2, 0.25) is 0 Å². The van der Waals surface area contributed by atoms with Crippen molar-refractivity contribution < 1.29 is 53.7 Å². The van der Waals surface area contributed by atoms with Gasteiger partial charge >= 0.3 is 12.2 Å². The SMILES string of the molecule is CC(C)(C)OC(=O)NCC1O[C@H](OC2C[C@H](O)O[C@@H]2CO)C(NC(=O)OC(C)(C)C)C(O)[C@@H]1O. The second-order valence-electron chi connectivity index (χ2n) is 10.3. The first kappa shape index (κ1) is 28.5. The molecule has 0 spiro atoms. The van der Waals surface area contributed by atoms with Crippen LogP contribution < -0.4 is 10.6 Å². The molecule has 6 N–H and O–H groups in total. The summed E-state index contributed by atoms with van der Waals surface area (Å²) in [7, 11) is 0. The Balaban J connectivity index is 2.15. The summed E-state index contributed by atoms with van der Waals surface area (Å²) in [5, 5.41) is 45.5. The van der Waals surface area contributed by atoms with Crippen molar-refractivity contribution in [3.63, 3.8) is 0 Å². The van der Waals surface area contributed by atoms with E-state index in [9.17, 15) is 30.0 Å². The van der Waals surface area contributed by atoms with Gasteiger partial charge in [-0.2, -0.15) is 0 Å². The summed E-state index contributed by atoms with van der Waals surface area (Å²) < 4.78 is 27.2. The molecule has 0 aliphatic carbocycles. The number of alkyl carbamates (subject to hydrolysis) is 2. The Bertz CT molecular complexity index is 691. The molecule has 0 aromatic heterocycles. The monoisotopic (exact) mass is 494 g/mol. The fraction of sp³-hybridized carbons (Fsp3) is 0.905. The number of amides is 2. The van der Waals surface area contributed by atoms with Gasteiger partial charge < -0.3 is 54.7 Å². The van der Waals surface area contributed by atoms with Crippen molar-refractivity contribution in [2.75, 3.05) is 13.2 Å². The third kappa shape index (κ3) is 8.48. The van der Waals surface area contributed by atoms with Crippen LogP contribution in [0.1, 0.15) is 48.0 Å². The lowest BCUT2D eigenvalue weighted by Gasteiger charge is -2.43. The number of aliphatic hydroxyl groups excluding tert-OH is 4. The van der Waals surface area contributed by atoms with Gasteiger partial charge in [0.1, 0.15) is 41.7 Å². The highest BCUT2D eigenvalue weighted by atomic mass is 16.7. The highest BCUT2D eigenvalue weighted by Crippen LogP contribution is 2.29. The van der Waals surface area contributed by atoms with Crippen LogP contribution in [-0.2, 0) is 23.7 Å². The summed E-state index contributed by atoms with van der Waals surface area (Å²) in [5.74, 6) is 0. The van der Waals surface area contributed by atoms with Crippen LogP contribution >= 0.6 is 0 Å². The van der Waals surface area contributed by atoms with Crippen LogP contribution in [0.25, 0.3) is 0 Å². The summed E-state index contributed by atoms with van der Waals surface area (Å²) in [4.78, 5) is 24.3. The second-order valence-corrected chi connectivity index (χ2v) is 10.3. The Morgan fingerprint density at radius 3 is 2.06 bits per heavy atom. The number of hydrogen-bond acceptors (Lipinski definition) is 11. The van der Waals surface area contributed by atoms with E-state index < -0.39 is 79.1 Å². The predicted octanol–water partition coefficient (Wildman–Crippen LogP) is -0.664. The van der Waals surface area contributed by atoms with E-state index in [1.165, 1.54) is 0 Å². The zero-order chi connectivity index (χ0) is 25.8. The largest absolute Gasteiger partial charge is 0.444 e. The van der Waals surface area contributed by atoms with Gasteiger partial charge in [-0.05, 0) is 41.5 Å². The Morgan fingerprint density at radius 1 is 0.912 bits per heavy atom. The first-order chi connectivity index (χ1) is 15.6. The van der Waals surface area contributed by atoms with Crippen LogP contribution in [0.2, 0.25) is 0 Å². The second kappa shape index (κ2) is 11.3. The van der Waals surface area contributed by atoms with Crippen molar-refractivity contribution >= 4 is 12.2 Å². The molecule has 2 aliphatic rings. The molecule has 2 heterocycles. The van der Waals surface area contributed by atoms with Crippen LogP contribution in [0.3, 0.4) is 0 Å². The molecule has 13 heteroatoms. The van der Waals surface area contributed by atoms with Crippen molar-refractivity contribution in [3.05, 3.63) is 0 Å². The van der Waals surface area contributed by atoms with Gasteiger partial charge in [-0.25, -0.2) is 9.59 Å². The third-order valence-corrected chi connectivity index (χ3v) is 4.90. The van der Waals surface area contributed by atoms with Gasteiger partial charge in [0.25, 0.3) is 0 Å². The Hall–Kier alpha value is -1.74. The maximum atomic E-state index is 12.3. The molecule has 2 rings (SSSR count). The summed E-state index contributed by atoms with van der Waals surface area (Å²) in [6.07, 6.45) is -10.1. The molecule has 2 amide bonds. The molecular weight excluding hydrogens is 456 g/mol. The average Bonchev–Trinajstić information content (AvgIpc) is 3.03. The molecule has 0 aromatic carbocycles. The molecule has 2 saturated heterocycles. The topological polar surface area (TPSA) is 185 Å². The van der Waals surface area contributed by atoms with Crippen LogP contribution in [0.4, 0.5) is 9.59 Å². The minimum atomic E-state index is -1.57. The van der Waals surface area contributed by atoms with E-state index >= 15 is 0 Å². The van der Waals surface area contributed by atoms with Gasteiger partial charge in [0.15, 0.2) is 12.6 Å². The van der Waals surface area contributed by atoms with E-state index in [1.807, 2.05) is 0 Å². The fourth-order valence-electron chi connectivity index (χ4n) is 3.48. The number of ether oxygens (including phenoxy) is 5. The van der Waals surface area contributed by atoms with Crippen molar-refractivity contribution in [1.82, 2.24) is 10.6 Å². The van der Waals surface area contributed by atoms with Crippen LogP contribution in [0.15, 0.2) is 0 Å². The minimum Gasteiger partial charge on any atom is -0.444 e. The van der Waals surface area contributed by atoms with Gasteiger partial charge in [0, 0.05) is 13.0 Å². The Morgan fingerprint density at radius 2 is 1.50 bits per heavy atom. The molecular formula is C21H38N2O11. The molecule has 34 heavy (non-hydrogen) atoms. The number of hydrogen-bond donors (Lipinski definition) is 6. The molecule has 0 aromatic rings. The lowest BCUT2D eigenvalue weighted by molar-refractivity contribution is -0.279. The maximum Gasteiger partial charge on any atom is 0.408 e. The van der Waals surface area contributed by atoms with Gasteiger partial charge in [-0.15, -0.1) is 0 Å². The number of aliphatic hydroxyl groups is 4. The first-order valence-corrected chi connectivity index (χ1v) is 11.2. The summed E-state index contributed by atoms with van der Waals surface area (Å²) >= 11 is 0. The Kier molecular flexibility index (Phi) is 9.50. The van der Waals surface area contributed by atoms with Gasteiger partial charge in [-0.3, -0.25) is 0 Å². The van der Waals surface area contributed by atoms with Crippen molar-refractivity contribution in [1.29, 1.82) is 0 Å². The molecule has 2 aliphatic heterocycles. The summed E-state index contributed by atoms with van der Waals surface area (Å²) in [6.45, 7) is 9.35. The Labute approximate surface area is 198 Å². The van der Waals surface area contributed by atoms with Crippen molar-refractivity contribution in [2.45, 2.75) is 108 Å². The number of rotatable bonds is 6. The number of nitrogens with one attached hydrogen (secondary N) is 2. The van der Waals surface area contributed by atoms with Crippen LogP contribution in [0.5, 0.6) is 0 Å². The standard InChI is InChI=1S/C21H38N2O11/c1-20(2,3)33-18(28)22-8-11-15(26)16(27)14(23-19(29)34-21(4,5)6)17(32-11)31-10-7-13(25)30-12(10)9-24/h10-17,24-27H,7-9H2,1-6H3,(H,22,28)(H,23,29)/t10?,11?,12-,13-,14?,15-,16?,17+/m1/s1. The number of carbonyl (C=O) groups excluding carboxylic acids is 2. The molecule has 4 unspecified atom stereocenters. The van der Waals surface area contributed by atoms with Gasteiger partial charge in [0.05, 0.1) is 12.7 Å². The van der Waals surface area contributed by atoms with E-state index in [1.54, 1.807) is 41.5 Å². The quantitative estimate of drug-likeness (QED) is 0.275. The predicted molar refractivity (Wildman–Crippen MR) is 116 cm³/mol. The highest BCUT2D eigenvalue weighted by Gasteiger charge is 2.49. The molecule has 198 valence electrons. The van der Waals surface area contributed by atoms with Crippen LogP contribution in [0, 0.1) is 0 Å². The third-order valence-electron chi connectivity index (χ3n) is 4.90. The van der Waals surface area contributed by atoms with E-state index in [2.05, 4.69) is 10.6 Å². The van der Waals surface area contributed by atoms with Crippen molar-refractivity contribution in [3.8, 4) is 0 Å².